The molecule has 0 N–H and O–H groups in total. The topological polar surface area (TPSA) is 33.2 Å². The molecule has 1 aromatic heterocycles. The van der Waals surface area contributed by atoms with E-state index in [0.29, 0.717) is 5.69 Å². The van der Waals surface area contributed by atoms with Gasteiger partial charge in [-0.15, -0.1) is 11.6 Å². The highest BCUT2D eigenvalue weighted by Crippen LogP contribution is 2.30. The van der Waals surface area contributed by atoms with Gasteiger partial charge in [-0.3, -0.25) is 9.78 Å². The maximum Gasteiger partial charge on any atom is 0.246 e. The molecule has 2 rings (SSSR count). The Hall–Kier alpha value is -0.130. The monoisotopic (exact) mass is 394 g/mol. The standard InChI is InChI=1S/C12H13Br2ClN2O/c13-8-6-9(14)11(16-7-8)10(15)12(18)17-4-2-1-3-5-17/h6-7,10H,1-5H2. The molecule has 0 spiro atoms. The second kappa shape index (κ2) is 6.35. The van der Waals surface area contributed by atoms with Gasteiger partial charge in [0, 0.05) is 28.2 Å². The summed E-state index contributed by atoms with van der Waals surface area (Å²) in [5.41, 5.74) is 0.579. The van der Waals surface area contributed by atoms with E-state index in [2.05, 4.69) is 36.8 Å². The molecular formula is C12H13Br2ClN2O. The van der Waals surface area contributed by atoms with Crippen molar-refractivity contribution in [3.05, 3.63) is 26.9 Å². The van der Waals surface area contributed by atoms with Crippen LogP contribution in [0.25, 0.3) is 0 Å². The molecule has 18 heavy (non-hydrogen) atoms. The summed E-state index contributed by atoms with van der Waals surface area (Å²) in [7, 11) is 0. The lowest BCUT2D eigenvalue weighted by atomic mass is 10.1. The van der Waals surface area contributed by atoms with Gasteiger partial charge in [-0.1, -0.05) is 0 Å². The first-order valence-electron chi connectivity index (χ1n) is 5.83. The Balaban J connectivity index is 2.14. The molecule has 1 aliphatic rings. The number of pyridine rings is 1. The van der Waals surface area contributed by atoms with Gasteiger partial charge in [-0.2, -0.15) is 0 Å². The summed E-state index contributed by atoms with van der Waals surface area (Å²) in [4.78, 5) is 18.3. The van der Waals surface area contributed by atoms with Gasteiger partial charge in [0.05, 0.1) is 5.69 Å². The van der Waals surface area contributed by atoms with Crippen LogP contribution in [0, 0.1) is 0 Å². The van der Waals surface area contributed by atoms with Gasteiger partial charge in [-0.25, -0.2) is 0 Å². The van der Waals surface area contributed by atoms with Gasteiger partial charge < -0.3 is 4.90 Å². The van der Waals surface area contributed by atoms with E-state index < -0.39 is 5.38 Å². The highest BCUT2D eigenvalue weighted by Gasteiger charge is 2.27. The molecule has 1 atom stereocenters. The summed E-state index contributed by atoms with van der Waals surface area (Å²) in [5, 5.41) is -0.717. The molecule has 1 aliphatic heterocycles. The first kappa shape index (κ1) is 14.3. The van der Waals surface area contributed by atoms with E-state index in [0.717, 1.165) is 34.9 Å². The third-order valence-electron chi connectivity index (χ3n) is 2.96. The summed E-state index contributed by atoms with van der Waals surface area (Å²) in [5.74, 6) is -0.0492. The van der Waals surface area contributed by atoms with Crippen LogP contribution in [0.15, 0.2) is 21.2 Å². The molecule has 1 fully saturated rings. The van der Waals surface area contributed by atoms with Crippen LogP contribution in [0.3, 0.4) is 0 Å². The number of piperidine rings is 1. The smallest absolute Gasteiger partial charge is 0.246 e. The van der Waals surface area contributed by atoms with Gasteiger partial charge in [0.15, 0.2) is 5.38 Å². The Morgan fingerprint density at radius 2 is 2.00 bits per heavy atom. The molecule has 0 aromatic carbocycles. The number of nitrogens with zero attached hydrogens (tertiary/aromatic N) is 2. The number of likely N-dealkylation sites (tertiary alicyclic amines) is 1. The molecule has 3 nitrogen and oxygen atoms in total. The average molecular weight is 397 g/mol. The summed E-state index contributed by atoms with van der Waals surface area (Å²) in [6, 6.07) is 1.85. The van der Waals surface area contributed by atoms with Gasteiger partial charge in [-0.05, 0) is 57.2 Å². The maximum atomic E-state index is 12.3. The van der Waals surface area contributed by atoms with Gasteiger partial charge in [0.2, 0.25) is 5.91 Å². The highest BCUT2D eigenvalue weighted by molar-refractivity contribution is 9.11. The van der Waals surface area contributed by atoms with E-state index in [1.54, 1.807) is 6.20 Å². The van der Waals surface area contributed by atoms with Gasteiger partial charge in [0.1, 0.15) is 0 Å². The van der Waals surface area contributed by atoms with Crippen molar-refractivity contribution in [2.45, 2.75) is 24.6 Å². The second-order valence-electron chi connectivity index (χ2n) is 4.27. The Labute approximate surface area is 128 Å². The number of rotatable bonds is 2. The largest absolute Gasteiger partial charge is 0.341 e. The van der Waals surface area contributed by atoms with Crippen LogP contribution in [0.1, 0.15) is 30.3 Å². The number of carbonyl (C=O) groups is 1. The fourth-order valence-electron chi connectivity index (χ4n) is 2.00. The molecule has 1 unspecified atom stereocenters. The van der Waals surface area contributed by atoms with Gasteiger partial charge >= 0.3 is 0 Å². The predicted molar refractivity (Wildman–Crippen MR) is 78.7 cm³/mol. The van der Waals surface area contributed by atoms with Crippen molar-refractivity contribution in [3.8, 4) is 0 Å². The Kier molecular flexibility index (Phi) is 5.04. The summed E-state index contributed by atoms with van der Waals surface area (Å²) in [6.07, 6.45) is 4.96. The van der Waals surface area contributed by atoms with Crippen molar-refractivity contribution in [1.29, 1.82) is 0 Å². The molecule has 6 heteroatoms. The minimum Gasteiger partial charge on any atom is -0.341 e. The first-order chi connectivity index (χ1) is 8.59. The quantitative estimate of drug-likeness (QED) is 0.711. The lowest BCUT2D eigenvalue weighted by Crippen LogP contribution is -2.37. The number of aromatic nitrogens is 1. The van der Waals surface area contributed by atoms with Crippen LogP contribution in [0.5, 0.6) is 0 Å². The van der Waals surface area contributed by atoms with Crippen molar-refractivity contribution in [1.82, 2.24) is 9.88 Å². The zero-order chi connectivity index (χ0) is 13.1. The Morgan fingerprint density at radius 1 is 1.33 bits per heavy atom. The van der Waals surface area contributed by atoms with Crippen molar-refractivity contribution < 1.29 is 4.79 Å². The van der Waals surface area contributed by atoms with Crippen LogP contribution >= 0.6 is 43.5 Å². The normalized spacial score (nSPS) is 17.6. The fourth-order valence-corrected chi connectivity index (χ4v) is 3.66. The molecule has 1 amide bonds. The van der Waals surface area contributed by atoms with Crippen LogP contribution in [-0.2, 0) is 4.79 Å². The summed E-state index contributed by atoms with van der Waals surface area (Å²) in [6.45, 7) is 1.60. The van der Waals surface area contributed by atoms with E-state index in [1.807, 2.05) is 11.0 Å². The molecule has 98 valence electrons. The van der Waals surface area contributed by atoms with Crippen LogP contribution in [-0.4, -0.2) is 28.9 Å². The van der Waals surface area contributed by atoms with E-state index >= 15 is 0 Å². The maximum absolute atomic E-state index is 12.3. The third-order valence-corrected chi connectivity index (χ3v) is 4.42. The van der Waals surface area contributed by atoms with E-state index in [1.165, 1.54) is 6.42 Å². The zero-order valence-corrected chi connectivity index (χ0v) is 13.6. The van der Waals surface area contributed by atoms with Crippen molar-refractivity contribution in [3.63, 3.8) is 0 Å². The lowest BCUT2D eigenvalue weighted by Gasteiger charge is -2.28. The summed E-state index contributed by atoms with van der Waals surface area (Å²) >= 11 is 13.0. The molecular weight excluding hydrogens is 383 g/mol. The molecule has 1 aromatic rings. The third kappa shape index (κ3) is 3.25. The zero-order valence-electron chi connectivity index (χ0n) is 9.70. The van der Waals surface area contributed by atoms with Crippen LogP contribution in [0.4, 0.5) is 0 Å². The molecule has 0 radical (unpaired) electrons. The lowest BCUT2D eigenvalue weighted by molar-refractivity contribution is -0.131. The van der Waals surface area contributed by atoms with E-state index in [4.69, 9.17) is 11.6 Å². The van der Waals surface area contributed by atoms with Crippen molar-refractivity contribution >= 4 is 49.4 Å². The Bertz CT molecular complexity index is 450. The number of alkyl halides is 1. The Morgan fingerprint density at radius 3 is 2.61 bits per heavy atom. The van der Waals surface area contributed by atoms with Gasteiger partial charge in [0.25, 0.3) is 0 Å². The summed E-state index contributed by atoms with van der Waals surface area (Å²) < 4.78 is 1.61. The predicted octanol–water partition coefficient (Wildman–Crippen LogP) is 3.90. The van der Waals surface area contributed by atoms with Crippen molar-refractivity contribution in [2.75, 3.05) is 13.1 Å². The molecule has 0 saturated carbocycles. The van der Waals surface area contributed by atoms with Crippen LogP contribution in [0.2, 0.25) is 0 Å². The molecule has 0 aliphatic carbocycles. The average Bonchev–Trinajstić information content (AvgIpc) is 2.38. The van der Waals surface area contributed by atoms with E-state index in [9.17, 15) is 4.79 Å². The number of carbonyl (C=O) groups excluding carboxylic acids is 1. The fraction of sp³-hybridized carbons (Fsp3) is 0.500. The minimum atomic E-state index is -0.717. The molecule has 2 heterocycles. The first-order valence-corrected chi connectivity index (χ1v) is 7.85. The van der Waals surface area contributed by atoms with Crippen LogP contribution < -0.4 is 0 Å². The molecule has 1 saturated heterocycles. The number of halogens is 3. The number of amides is 1. The number of hydrogen-bond acceptors (Lipinski definition) is 2. The van der Waals surface area contributed by atoms with Crippen molar-refractivity contribution in [2.24, 2.45) is 0 Å². The van der Waals surface area contributed by atoms with E-state index in [-0.39, 0.29) is 5.91 Å². The highest BCUT2D eigenvalue weighted by atomic mass is 79.9. The minimum absolute atomic E-state index is 0.0492. The second-order valence-corrected chi connectivity index (χ2v) is 6.48. The molecule has 0 bridgehead atoms. The SMILES string of the molecule is O=C(C(Cl)c1ncc(Br)cc1Br)N1CCCCC1. The number of hydrogen-bond donors (Lipinski definition) is 0.